The van der Waals surface area contributed by atoms with Crippen LogP contribution in [0.5, 0.6) is 0 Å². The van der Waals surface area contributed by atoms with Gasteiger partial charge in [0.05, 0.1) is 11.3 Å². The third kappa shape index (κ3) is 2.60. The molecule has 0 unspecified atom stereocenters. The van der Waals surface area contributed by atoms with Gasteiger partial charge >= 0.3 is 5.69 Å². The molecule has 0 saturated carbocycles. The van der Waals surface area contributed by atoms with Gasteiger partial charge in [0.15, 0.2) is 0 Å². The van der Waals surface area contributed by atoms with E-state index in [9.17, 15) is 9.59 Å². The molecule has 4 nitrogen and oxygen atoms in total. The first-order valence-corrected chi connectivity index (χ1v) is 7.43. The molecule has 0 aliphatic rings. The molecule has 20 heavy (non-hydrogen) atoms. The topological polar surface area (TPSA) is 54.9 Å². The summed E-state index contributed by atoms with van der Waals surface area (Å²) in [6, 6.07) is 5.42. The minimum atomic E-state index is -0.536. The molecule has 0 bridgehead atoms. The Labute approximate surface area is 129 Å². The molecule has 0 atom stereocenters. The van der Waals surface area contributed by atoms with Crippen molar-refractivity contribution >= 4 is 27.5 Å². The van der Waals surface area contributed by atoms with Gasteiger partial charge in [-0.2, -0.15) is 0 Å². The van der Waals surface area contributed by atoms with Gasteiger partial charge in [-0.3, -0.25) is 9.78 Å². The molecule has 1 aromatic carbocycles. The highest BCUT2D eigenvalue weighted by atomic mass is 79.9. The zero-order chi connectivity index (χ0) is 14.9. The lowest BCUT2D eigenvalue weighted by Crippen LogP contribution is -2.36. The van der Waals surface area contributed by atoms with E-state index in [1.54, 1.807) is 12.1 Å². The number of aromatic nitrogens is 2. The van der Waals surface area contributed by atoms with E-state index in [1.807, 2.05) is 19.9 Å². The summed E-state index contributed by atoms with van der Waals surface area (Å²) >= 11 is 9.39. The summed E-state index contributed by atoms with van der Waals surface area (Å²) in [5, 5.41) is 0.127. The fraction of sp³-hybridized carbons (Fsp3) is 0.286. The van der Waals surface area contributed by atoms with E-state index in [-0.39, 0.29) is 10.7 Å². The number of H-pyrrole nitrogens is 1. The number of benzene rings is 1. The molecule has 106 valence electrons. The molecular formula is C14H14BrClN2O2. The van der Waals surface area contributed by atoms with Crippen LogP contribution in [0.25, 0.3) is 5.69 Å². The zero-order valence-electron chi connectivity index (χ0n) is 11.2. The fourth-order valence-corrected chi connectivity index (χ4v) is 2.73. The van der Waals surface area contributed by atoms with Gasteiger partial charge in [0.1, 0.15) is 5.15 Å². The highest BCUT2D eigenvalue weighted by molar-refractivity contribution is 9.10. The van der Waals surface area contributed by atoms with Crippen LogP contribution in [-0.2, 0) is 6.42 Å². The Hall–Kier alpha value is -1.33. The van der Waals surface area contributed by atoms with Crippen LogP contribution in [0, 0.1) is 6.92 Å². The van der Waals surface area contributed by atoms with Crippen molar-refractivity contribution in [3.8, 4) is 5.69 Å². The van der Waals surface area contributed by atoms with E-state index in [4.69, 9.17) is 11.6 Å². The maximum absolute atomic E-state index is 12.5. The summed E-state index contributed by atoms with van der Waals surface area (Å²) in [6.45, 7) is 3.85. The summed E-state index contributed by atoms with van der Waals surface area (Å²) in [7, 11) is 0. The summed E-state index contributed by atoms with van der Waals surface area (Å²) in [5.74, 6) is 0. The van der Waals surface area contributed by atoms with Crippen LogP contribution in [-0.4, -0.2) is 9.55 Å². The highest BCUT2D eigenvalue weighted by Gasteiger charge is 2.15. The van der Waals surface area contributed by atoms with Crippen LogP contribution in [0.4, 0.5) is 0 Å². The first kappa shape index (κ1) is 15.1. The molecule has 0 aliphatic heterocycles. The molecule has 2 aromatic rings. The van der Waals surface area contributed by atoms with Crippen LogP contribution in [0.15, 0.2) is 32.3 Å². The Morgan fingerprint density at radius 1 is 1.35 bits per heavy atom. The van der Waals surface area contributed by atoms with Crippen molar-refractivity contribution in [3.05, 3.63) is 59.8 Å². The first-order valence-electron chi connectivity index (χ1n) is 6.26. The average molecular weight is 358 g/mol. The third-order valence-electron chi connectivity index (χ3n) is 3.06. The smallest absolute Gasteiger partial charge is 0.297 e. The molecule has 1 aromatic heterocycles. The van der Waals surface area contributed by atoms with Crippen LogP contribution < -0.4 is 11.2 Å². The van der Waals surface area contributed by atoms with Gasteiger partial charge in [0.25, 0.3) is 5.56 Å². The predicted molar refractivity (Wildman–Crippen MR) is 84.1 cm³/mol. The van der Waals surface area contributed by atoms with Crippen molar-refractivity contribution in [2.24, 2.45) is 0 Å². The molecule has 0 fully saturated rings. The number of rotatable bonds is 3. The molecule has 0 aliphatic carbocycles. The maximum atomic E-state index is 12.5. The second-order valence-electron chi connectivity index (χ2n) is 4.52. The monoisotopic (exact) mass is 356 g/mol. The minimum absolute atomic E-state index is 0.127. The summed E-state index contributed by atoms with van der Waals surface area (Å²) < 4.78 is 1.84. The molecule has 6 heteroatoms. The number of hydrogen-bond acceptors (Lipinski definition) is 2. The number of nitrogens with zero attached hydrogens (tertiary/aromatic N) is 1. The van der Waals surface area contributed by atoms with E-state index in [0.717, 1.165) is 21.0 Å². The second kappa shape index (κ2) is 5.97. The van der Waals surface area contributed by atoms with Gasteiger partial charge in [0.2, 0.25) is 0 Å². The lowest BCUT2D eigenvalue weighted by Gasteiger charge is -2.11. The van der Waals surface area contributed by atoms with Crippen LogP contribution in [0.1, 0.15) is 24.5 Å². The molecule has 1 heterocycles. The van der Waals surface area contributed by atoms with Crippen molar-refractivity contribution in [1.29, 1.82) is 0 Å². The third-order valence-corrected chi connectivity index (χ3v) is 4.41. The van der Waals surface area contributed by atoms with Crippen molar-refractivity contribution in [2.45, 2.75) is 26.7 Å². The molecule has 1 N–H and O–H groups in total. The number of aromatic amines is 1. The van der Waals surface area contributed by atoms with Crippen LogP contribution >= 0.6 is 27.5 Å². The first-order chi connectivity index (χ1) is 9.47. The van der Waals surface area contributed by atoms with E-state index >= 15 is 0 Å². The zero-order valence-corrected chi connectivity index (χ0v) is 13.5. The van der Waals surface area contributed by atoms with Crippen LogP contribution in [0.2, 0.25) is 5.15 Å². The van der Waals surface area contributed by atoms with E-state index in [1.165, 1.54) is 0 Å². The maximum Gasteiger partial charge on any atom is 0.334 e. The molecule has 2 rings (SSSR count). The van der Waals surface area contributed by atoms with Gasteiger partial charge < -0.3 is 0 Å². The summed E-state index contributed by atoms with van der Waals surface area (Å²) in [5.41, 5.74) is 0.992. The van der Waals surface area contributed by atoms with E-state index in [2.05, 4.69) is 20.9 Å². The Balaban J connectivity index is 2.81. The van der Waals surface area contributed by atoms with Crippen molar-refractivity contribution in [2.75, 3.05) is 0 Å². The quantitative estimate of drug-likeness (QED) is 0.858. The van der Waals surface area contributed by atoms with E-state index in [0.29, 0.717) is 17.7 Å². The largest absolute Gasteiger partial charge is 0.334 e. The number of nitrogens with one attached hydrogen (secondary N) is 1. The predicted octanol–water partition coefficient (Wildman–Crippen LogP) is 3.20. The number of halogens is 2. The fourth-order valence-electron chi connectivity index (χ4n) is 2.04. The van der Waals surface area contributed by atoms with Gasteiger partial charge in [-0.25, -0.2) is 9.36 Å². The Morgan fingerprint density at radius 3 is 2.70 bits per heavy atom. The number of hydrogen-bond donors (Lipinski definition) is 1. The lowest BCUT2D eigenvalue weighted by atomic mass is 10.2. The van der Waals surface area contributed by atoms with Crippen LogP contribution in [0.3, 0.4) is 0 Å². The molecule has 0 radical (unpaired) electrons. The number of aryl methyl sites for hydroxylation is 1. The summed E-state index contributed by atoms with van der Waals surface area (Å²) in [4.78, 5) is 27.1. The van der Waals surface area contributed by atoms with Crippen molar-refractivity contribution in [3.63, 3.8) is 0 Å². The summed E-state index contributed by atoms with van der Waals surface area (Å²) in [6.07, 6.45) is 1.30. The average Bonchev–Trinajstić information content (AvgIpc) is 2.39. The van der Waals surface area contributed by atoms with E-state index < -0.39 is 5.69 Å². The van der Waals surface area contributed by atoms with Crippen molar-refractivity contribution in [1.82, 2.24) is 9.55 Å². The van der Waals surface area contributed by atoms with Gasteiger partial charge in [-0.05, 0) is 40.9 Å². The van der Waals surface area contributed by atoms with Crippen molar-refractivity contribution < 1.29 is 0 Å². The Bertz CT molecular complexity index is 765. The highest BCUT2D eigenvalue weighted by Crippen LogP contribution is 2.23. The van der Waals surface area contributed by atoms with Gasteiger partial charge in [0, 0.05) is 4.47 Å². The Morgan fingerprint density at radius 2 is 2.05 bits per heavy atom. The molecule has 0 amide bonds. The standard InChI is InChI=1S/C14H14BrClN2O2/c1-3-5-9-12(16)17-14(20)18(13(9)19)10-7-4-6-8(2)11(10)15/h4,6-7H,3,5H2,1-2H3,(H,17,20). The normalized spacial score (nSPS) is 10.8. The molecule has 0 saturated heterocycles. The molecular weight excluding hydrogens is 344 g/mol. The van der Waals surface area contributed by atoms with Gasteiger partial charge in [-0.15, -0.1) is 0 Å². The SMILES string of the molecule is CCCc1c(Cl)[nH]c(=O)n(-c2cccc(C)c2Br)c1=O. The minimum Gasteiger partial charge on any atom is -0.297 e. The van der Waals surface area contributed by atoms with Gasteiger partial charge in [-0.1, -0.05) is 37.1 Å². The Kier molecular flexibility index (Phi) is 4.50. The molecule has 0 spiro atoms. The lowest BCUT2D eigenvalue weighted by molar-refractivity contribution is 0.809. The second-order valence-corrected chi connectivity index (χ2v) is 5.69.